The highest BCUT2D eigenvalue weighted by molar-refractivity contribution is 7.89. The molecule has 0 saturated carbocycles. The molecule has 8 aliphatic rings. The van der Waals surface area contributed by atoms with E-state index in [-0.39, 0.29) is 96.3 Å². The molecule has 8 heterocycles. The van der Waals surface area contributed by atoms with Gasteiger partial charge in [0.25, 0.3) is 0 Å². The minimum Gasteiger partial charge on any atom is -0.390 e. The van der Waals surface area contributed by atoms with Crippen molar-refractivity contribution in [3.8, 4) is 0 Å². The van der Waals surface area contributed by atoms with E-state index >= 15 is 0 Å². The minimum absolute atomic E-state index is 0. The van der Waals surface area contributed by atoms with Crippen LogP contribution in [0.5, 0.6) is 0 Å². The third-order valence-electron chi connectivity index (χ3n) is 16.7. The molecule has 0 radical (unpaired) electrons. The van der Waals surface area contributed by atoms with Gasteiger partial charge in [-0.3, -0.25) is 9.11 Å². The lowest BCUT2D eigenvalue weighted by molar-refractivity contribution is -0.124. The molecule has 6 N–H and O–H groups in total. The first-order chi connectivity index (χ1) is 41.9. The predicted molar refractivity (Wildman–Crippen MR) is 365 cm³/mol. The minimum atomic E-state index is -4.67. The molecule has 0 bridgehead atoms. The highest BCUT2D eigenvalue weighted by atomic mass is 32.3. The number of aliphatic hydroxyl groups excluding tert-OH is 2. The Balaban J connectivity index is -0.00000104. The molecule has 0 aromatic carbocycles. The average Bonchev–Trinajstić information content (AvgIpc) is 1.57. The van der Waals surface area contributed by atoms with Gasteiger partial charge in [-0.15, -0.1) is 0 Å². The molecular formula is C55H116N6O28S7. The summed E-state index contributed by atoms with van der Waals surface area (Å²) in [5.74, 6) is 0. The summed E-state index contributed by atoms with van der Waals surface area (Å²) >= 11 is 0. The molecule has 41 heteroatoms. The Morgan fingerprint density at radius 1 is 0.479 bits per heavy atom. The Bertz CT molecular complexity index is 3200. The maximum atomic E-state index is 11.3. The van der Waals surface area contributed by atoms with E-state index in [0.717, 1.165) is 32.3 Å². The van der Waals surface area contributed by atoms with Crippen LogP contribution < -0.4 is 0 Å². The highest BCUT2D eigenvalue weighted by Gasteiger charge is 2.66. The molecule has 8 saturated heterocycles. The fourth-order valence-electron chi connectivity index (χ4n) is 10.3. The van der Waals surface area contributed by atoms with Crippen LogP contribution in [0.1, 0.15) is 77.7 Å². The second-order valence-electron chi connectivity index (χ2n) is 23.8. The molecule has 0 aliphatic carbocycles. The van der Waals surface area contributed by atoms with Crippen LogP contribution >= 0.6 is 0 Å². The molecule has 96 heavy (non-hydrogen) atoms. The highest BCUT2D eigenvalue weighted by Crippen LogP contribution is 2.47. The van der Waals surface area contributed by atoms with Crippen molar-refractivity contribution >= 4 is 70.5 Å². The van der Waals surface area contributed by atoms with Crippen LogP contribution in [-0.4, -0.2) is 356 Å². The topological polar surface area (TPSA) is 460 Å². The summed E-state index contributed by atoms with van der Waals surface area (Å²) < 4.78 is 216. The third-order valence-corrected chi connectivity index (χ3v) is 24.0. The Hall–Kier alpha value is -1.93. The lowest BCUT2D eigenvalue weighted by Crippen LogP contribution is -2.51. The second kappa shape index (κ2) is 38.5. The zero-order valence-corrected chi connectivity index (χ0v) is 62.5. The SMILES string of the molecule is C.C.C.C/C=C1\CN(S(C)(=O)=O)C[C@@H]1OC.C=C1CN(S(C)(=O)=O)C[C@@H]1OC.CC=C(C)C.CO[C@H]1CN(S(C)(=O)=O)C[C@@]1(O)[C@@H](C)O.CO[C@H]1CN(S(C)(=O)=O)C[C@@]12O[C@@H]2C.CO[C@H]1CN(S(C)(=O)=O)C[C@]1(O)[C@H](C)O.CO[C@H]1CN(S(C)(=O)=O)C[C@]12O[C@H]2C.O=S(=O)(O)O. The van der Waals surface area contributed by atoms with Gasteiger partial charge in [0.1, 0.15) is 46.8 Å². The molecule has 0 unspecified atom stereocenters. The van der Waals surface area contributed by atoms with Gasteiger partial charge in [0.05, 0.1) is 74.2 Å². The van der Waals surface area contributed by atoms with Crippen LogP contribution in [0.2, 0.25) is 0 Å². The van der Waals surface area contributed by atoms with Crippen LogP contribution in [-0.2, 0) is 108 Å². The first-order valence-electron chi connectivity index (χ1n) is 28.6. The fourth-order valence-corrected chi connectivity index (χ4v) is 15.3. The van der Waals surface area contributed by atoms with Crippen LogP contribution in [0.15, 0.2) is 35.5 Å². The van der Waals surface area contributed by atoms with E-state index in [1.807, 2.05) is 33.8 Å². The van der Waals surface area contributed by atoms with Gasteiger partial charge in [-0.2, -0.15) is 34.2 Å². The van der Waals surface area contributed by atoms with Crippen molar-refractivity contribution in [1.82, 2.24) is 25.8 Å². The van der Waals surface area contributed by atoms with Crippen LogP contribution in [0, 0.1) is 0 Å². The molecular weight excluding hydrogens is 1420 g/mol. The van der Waals surface area contributed by atoms with Gasteiger partial charge in [-0.05, 0) is 66.5 Å². The molecule has 14 atom stereocenters. The van der Waals surface area contributed by atoms with E-state index in [2.05, 4.69) is 26.5 Å². The quantitative estimate of drug-likeness (QED) is 0.0685. The van der Waals surface area contributed by atoms with Gasteiger partial charge in [-0.25, -0.2) is 50.5 Å². The summed E-state index contributed by atoms with van der Waals surface area (Å²) in [6, 6.07) is 0. The van der Waals surface area contributed by atoms with E-state index < -0.39 is 106 Å². The van der Waals surface area contributed by atoms with Crippen molar-refractivity contribution in [1.29, 1.82) is 0 Å². The molecule has 0 amide bonds. The van der Waals surface area contributed by atoms with Crippen molar-refractivity contribution in [2.75, 3.05) is 159 Å². The van der Waals surface area contributed by atoms with Gasteiger partial charge in [0.15, 0.2) is 0 Å². The van der Waals surface area contributed by atoms with Crippen molar-refractivity contribution in [3.63, 3.8) is 0 Å². The van der Waals surface area contributed by atoms with Crippen molar-refractivity contribution < 1.29 is 126 Å². The largest absolute Gasteiger partial charge is 0.394 e. The summed E-state index contributed by atoms with van der Waals surface area (Å²) in [6.45, 7) is 21.7. The molecule has 8 aliphatic heterocycles. The van der Waals surface area contributed by atoms with Crippen LogP contribution in [0.3, 0.4) is 0 Å². The lowest BCUT2D eigenvalue weighted by atomic mass is 9.94. The summed E-state index contributed by atoms with van der Waals surface area (Å²) in [5, 5.41) is 39.1. The summed E-state index contributed by atoms with van der Waals surface area (Å²) in [7, 11) is -14.7. The number of β-amino-alcohol motifs (C(OH)–C–C–N with tert-alkyl or cyclic N) is 2. The van der Waals surface area contributed by atoms with Gasteiger partial charge in [0.2, 0.25) is 60.1 Å². The van der Waals surface area contributed by atoms with E-state index in [4.69, 9.17) is 55.4 Å². The third kappa shape index (κ3) is 28.4. The maximum Gasteiger partial charge on any atom is 0.394 e. The number of nitrogens with zero attached hydrogens (tertiary/aromatic N) is 6. The van der Waals surface area contributed by atoms with Crippen molar-refractivity contribution in [2.45, 2.75) is 161 Å². The van der Waals surface area contributed by atoms with Crippen LogP contribution in [0.4, 0.5) is 0 Å². The van der Waals surface area contributed by atoms with E-state index in [1.165, 1.54) is 75.9 Å². The molecule has 0 aromatic heterocycles. The first kappa shape index (κ1) is 98.2. The predicted octanol–water partition coefficient (Wildman–Crippen LogP) is -1.07. The number of epoxide rings is 2. The number of allylic oxidation sites excluding steroid dienone is 3. The smallest absolute Gasteiger partial charge is 0.390 e. The van der Waals surface area contributed by atoms with E-state index in [0.29, 0.717) is 52.4 Å². The average molecular weight is 1530 g/mol. The number of rotatable bonds is 14. The summed E-state index contributed by atoms with van der Waals surface area (Å²) in [4.78, 5) is 0. The van der Waals surface area contributed by atoms with Crippen LogP contribution in [0.25, 0.3) is 0 Å². The zero-order valence-electron chi connectivity index (χ0n) is 56.8. The molecule has 34 nitrogen and oxygen atoms in total. The van der Waals surface area contributed by atoms with Gasteiger partial charge < -0.3 is 58.3 Å². The van der Waals surface area contributed by atoms with E-state index in [9.17, 15) is 70.9 Å². The number of sulfonamides is 6. The van der Waals surface area contributed by atoms with E-state index in [1.54, 1.807) is 28.4 Å². The Morgan fingerprint density at radius 2 is 0.719 bits per heavy atom. The fraction of sp³-hybridized carbons (Fsp3) is 0.891. The number of hydrogen-bond donors (Lipinski definition) is 6. The van der Waals surface area contributed by atoms with Gasteiger partial charge in [0, 0.05) is 121 Å². The van der Waals surface area contributed by atoms with Gasteiger partial charge >= 0.3 is 10.4 Å². The maximum absolute atomic E-state index is 11.3. The monoisotopic (exact) mass is 1530 g/mol. The zero-order chi connectivity index (χ0) is 73.0. The molecule has 576 valence electrons. The Kier molecular flexibility index (Phi) is 39.4. The lowest BCUT2D eigenvalue weighted by Gasteiger charge is -2.30. The molecule has 8 fully saturated rings. The van der Waals surface area contributed by atoms with Crippen molar-refractivity contribution in [2.24, 2.45) is 0 Å². The number of aliphatic hydroxyl groups is 4. The molecule has 2 spiro atoms. The number of hydrogen-bond acceptors (Lipinski definition) is 26. The molecule has 8 rings (SSSR count). The van der Waals surface area contributed by atoms with Gasteiger partial charge in [-0.1, -0.05) is 46.6 Å². The standard InChI is InChI=1S/2C8H17NO5S.2C8H15NO4S.C8H15NO3S.C7H13NO3S.C5H10.3CH4.H2O4S/c2*1-6(10)8(11)5-9(15(3,12)13)4-7(8)14-2;2*1-6-8(13-6)5-9(14(3,10)11)4-7(8)12-2;1-4-7-5-9(13(3,10)11)6-8(7)12-2;1-6-4-8(12(3,9)10)5-7(6)11-2;1-4-5(2)3;;;;1-5(2,3)4/h2*6-7,10-11H,4-5H2,1-3H3;2*6-7H,4-5H2,1-3H3;4,8H,5-6H2,1-3H3;7H,1,4-5H2,2-3H3;4H,1-3H3;3*1H4;(H2,1,2,3,4)/b;;;;7-4+;;;;;;/t6-,7+,8-;6-,7-,8-;6-,7+,8+;6-,7-,8+;8-;7-;;;;;/m101000...../s1. The normalized spacial score (nSPS) is 31.9. The number of methoxy groups -OCH3 is 6. The van der Waals surface area contributed by atoms with Crippen molar-refractivity contribution in [3.05, 3.63) is 35.5 Å². The summed E-state index contributed by atoms with van der Waals surface area (Å²) in [6.07, 6.45) is 7.19. The summed E-state index contributed by atoms with van der Waals surface area (Å²) in [5.41, 5.74) is -0.577. The Labute approximate surface area is 574 Å². The second-order valence-corrected chi connectivity index (χ2v) is 36.6. The first-order valence-corrected chi connectivity index (χ1v) is 41.1. The number of ether oxygens (including phenoxy) is 8. The Morgan fingerprint density at radius 3 is 0.875 bits per heavy atom. The molecule has 0 aromatic rings.